The highest BCUT2D eigenvalue weighted by Crippen LogP contribution is 2.27. The van der Waals surface area contributed by atoms with Gasteiger partial charge in [-0.05, 0) is 44.4 Å². The minimum Gasteiger partial charge on any atom is -0.494 e. The fourth-order valence-corrected chi connectivity index (χ4v) is 5.58. The largest absolute Gasteiger partial charge is 0.494 e. The van der Waals surface area contributed by atoms with Gasteiger partial charge in [0.05, 0.1) is 53.4 Å². The predicted molar refractivity (Wildman–Crippen MR) is 164 cm³/mol. The van der Waals surface area contributed by atoms with Crippen molar-refractivity contribution in [3.63, 3.8) is 0 Å². The first-order valence-electron chi connectivity index (χ1n) is 15.5. The van der Waals surface area contributed by atoms with E-state index in [1.807, 2.05) is 7.05 Å². The van der Waals surface area contributed by atoms with Crippen LogP contribution < -0.4 is 20.3 Å². The van der Waals surface area contributed by atoms with E-state index in [1.165, 1.54) is 32.4 Å². The van der Waals surface area contributed by atoms with Gasteiger partial charge in [0.2, 0.25) is 17.8 Å². The summed E-state index contributed by atoms with van der Waals surface area (Å²) in [5, 5.41) is 15.3. The number of ether oxygens (including phenoxy) is 4. The number of benzene rings is 1. The Bertz CT molecular complexity index is 1090. The zero-order valence-corrected chi connectivity index (χ0v) is 25.6. The Morgan fingerprint density at radius 3 is 2.37 bits per heavy atom. The van der Waals surface area contributed by atoms with Crippen molar-refractivity contribution in [1.82, 2.24) is 19.9 Å². The molecule has 4 rings (SSSR count). The van der Waals surface area contributed by atoms with Crippen LogP contribution in [-0.2, 0) is 14.2 Å². The molecule has 2 aliphatic rings. The van der Waals surface area contributed by atoms with E-state index in [0.717, 1.165) is 38.8 Å². The van der Waals surface area contributed by atoms with Crippen molar-refractivity contribution in [3.05, 3.63) is 24.0 Å². The number of aliphatic hydroxyl groups excluding tert-OH is 1. The van der Waals surface area contributed by atoms with Crippen molar-refractivity contribution in [2.75, 3.05) is 95.6 Å². The molecule has 1 aliphatic carbocycles. The van der Waals surface area contributed by atoms with Gasteiger partial charge in [0, 0.05) is 44.0 Å². The first-order valence-corrected chi connectivity index (χ1v) is 15.5. The molecular formula is C30H48FN7O5. The second-order valence-electron chi connectivity index (χ2n) is 10.9. The van der Waals surface area contributed by atoms with Gasteiger partial charge in [0.25, 0.3) is 0 Å². The fourth-order valence-electron chi connectivity index (χ4n) is 5.58. The molecule has 1 unspecified atom stereocenters. The highest BCUT2D eigenvalue weighted by molar-refractivity contribution is 5.57. The Hall–Kier alpha value is -2.84. The van der Waals surface area contributed by atoms with Gasteiger partial charge in [-0.2, -0.15) is 15.0 Å². The van der Waals surface area contributed by atoms with Crippen molar-refractivity contribution in [1.29, 1.82) is 0 Å². The molecule has 0 amide bonds. The molecule has 1 aliphatic heterocycles. The lowest BCUT2D eigenvalue weighted by Gasteiger charge is -2.31. The van der Waals surface area contributed by atoms with Crippen LogP contribution in [0.4, 0.5) is 27.9 Å². The van der Waals surface area contributed by atoms with Gasteiger partial charge >= 0.3 is 0 Å². The smallest absolute Gasteiger partial charge is 0.233 e. The number of hydrogen-bond donors (Lipinski definition) is 3. The molecule has 3 N–H and O–H groups in total. The zero-order valence-electron chi connectivity index (χ0n) is 25.6. The SMILES string of the molecule is COc1ccc(Nc2nc(NCC3CCCN3CCOCCOCCOCCO)nc(N(C)C3CCCCC3)n2)cc1F. The van der Waals surface area contributed by atoms with Crippen LogP contribution in [0.1, 0.15) is 44.9 Å². The van der Waals surface area contributed by atoms with Crippen molar-refractivity contribution in [2.24, 2.45) is 0 Å². The van der Waals surface area contributed by atoms with E-state index in [0.29, 0.717) is 81.8 Å². The number of anilines is 4. The van der Waals surface area contributed by atoms with Crippen molar-refractivity contribution < 1.29 is 28.4 Å². The number of rotatable bonds is 19. The van der Waals surface area contributed by atoms with Crippen LogP contribution in [0.5, 0.6) is 5.75 Å². The van der Waals surface area contributed by atoms with Gasteiger partial charge in [-0.1, -0.05) is 19.3 Å². The zero-order chi connectivity index (χ0) is 30.3. The summed E-state index contributed by atoms with van der Waals surface area (Å²) in [5.41, 5.74) is 0.532. The van der Waals surface area contributed by atoms with Crippen LogP contribution in [0, 0.1) is 5.82 Å². The maximum Gasteiger partial charge on any atom is 0.233 e. The summed E-state index contributed by atoms with van der Waals surface area (Å²) in [6, 6.07) is 5.41. The summed E-state index contributed by atoms with van der Waals surface area (Å²) < 4.78 is 35.8. The number of halogens is 1. The first kappa shape index (κ1) is 33.1. The van der Waals surface area contributed by atoms with E-state index < -0.39 is 5.82 Å². The third-order valence-corrected chi connectivity index (χ3v) is 7.97. The average Bonchev–Trinajstić information content (AvgIpc) is 3.48. The lowest BCUT2D eigenvalue weighted by atomic mass is 9.95. The summed E-state index contributed by atoms with van der Waals surface area (Å²) in [4.78, 5) is 18.7. The Balaban J connectivity index is 1.32. The molecule has 43 heavy (non-hydrogen) atoms. The number of aliphatic hydroxyl groups is 1. The molecule has 12 nitrogen and oxygen atoms in total. The van der Waals surface area contributed by atoms with Gasteiger partial charge in [-0.15, -0.1) is 0 Å². The average molecular weight is 606 g/mol. The molecule has 2 fully saturated rings. The van der Waals surface area contributed by atoms with Gasteiger partial charge in [0.1, 0.15) is 0 Å². The molecule has 240 valence electrons. The molecule has 0 radical (unpaired) electrons. The third-order valence-electron chi connectivity index (χ3n) is 7.97. The first-order chi connectivity index (χ1) is 21.1. The molecule has 1 saturated heterocycles. The Morgan fingerprint density at radius 1 is 0.930 bits per heavy atom. The van der Waals surface area contributed by atoms with Crippen LogP contribution in [0.15, 0.2) is 18.2 Å². The summed E-state index contributed by atoms with van der Waals surface area (Å²) >= 11 is 0. The van der Waals surface area contributed by atoms with Gasteiger partial charge in [0.15, 0.2) is 11.6 Å². The molecule has 1 atom stereocenters. The molecule has 1 aromatic carbocycles. The molecule has 13 heteroatoms. The second kappa shape index (κ2) is 18.1. The summed E-state index contributed by atoms with van der Waals surface area (Å²) in [6.45, 7) is 5.57. The topological polar surface area (TPSA) is 126 Å². The summed E-state index contributed by atoms with van der Waals surface area (Å²) in [6.07, 6.45) is 8.12. The van der Waals surface area contributed by atoms with E-state index in [2.05, 4.69) is 25.4 Å². The van der Waals surface area contributed by atoms with Gasteiger partial charge in [-0.3, -0.25) is 4.90 Å². The van der Waals surface area contributed by atoms with Crippen molar-refractivity contribution in [3.8, 4) is 5.75 Å². The molecule has 1 saturated carbocycles. The lowest BCUT2D eigenvalue weighted by molar-refractivity contribution is 0.00432. The fraction of sp³-hybridized carbons (Fsp3) is 0.700. The van der Waals surface area contributed by atoms with Crippen LogP contribution in [0.2, 0.25) is 0 Å². The number of aromatic nitrogens is 3. The maximum absolute atomic E-state index is 14.4. The quantitative estimate of drug-likeness (QED) is 0.203. The third kappa shape index (κ3) is 10.7. The molecule has 0 bridgehead atoms. The number of likely N-dealkylation sites (tertiary alicyclic amines) is 1. The predicted octanol–water partition coefficient (Wildman–Crippen LogP) is 3.45. The molecular weight excluding hydrogens is 557 g/mol. The number of nitrogens with zero attached hydrogens (tertiary/aromatic N) is 5. The Labute approximate surface area is 254 Å². The Morgan fingerprint density at radius 2 is 1.65 bits per heavy atom. The van der Waals surface area contributed by atoms with Crippen LogP contribution in [0.3, 0.4) is 0 Å². The van der Waals surface area contributed by atoms with Crippen LogP contribution in [0.25, 0.3) is 0 Å². The van der Waals surface area contributed by atoms with Crippen molar-refractivity contribution in [2.45, 2.75) is 57.0 Å². The molecule has 1 aromatic heterocycles. The minimum atomic E-state index is -0.457. The van der Waals surface area contributed by atoms with Crippen LogP contribution >= 0.6 is 0 Å². The van der Waals surface area contributed by atoms with E-state index in [4.69, 9.17) is 34.0 Å². The number of nitrogens with one attached hydrogen (secondary N) is 2. The minimum absolute atomic E-state index is 0.0235. The molecule has 2 heterocycles. The Kier molecular flexibility index (Phi) is 13.9. The van der Waals surface area contributed by atoms with E-state index in [9.17, 15) is 4.39 Å². The standard InChI is InChI=1S/C30H48FN7O5/c1-37(24-7-4-3-5-8-24)30-35-28(34-29(36-30)33-23-10-11-27(40-2)26(31)21-23)32-22-25-9-6-12-38(25)13-15-41-17-19-43-20-18-42-16-14-39/h10-11,21,24-25,39H,3-9,12-20,22H2,1-2H3,(H2,32,33,34,35,36). The monoisotopic (exact) mass is 605 g/mol. The normalized spacial score (nSPS) is 17.7. The van der Waals surface area contributed by atoms with Gasteiger partial charge < -0.3 is 39.6 Å². The van der Waals surface area contributed by atoms with Crippen LogP contribution in [-0.4, -0.2) is 117 Å². The van der Waals surface area contributed by atoms with Crippen molar-refractivity contribution >= 4 is 23.5 Å². The molecule has 2 aromatic rings. The lowest BCUT2D eigenvalue weighted by Crippen LogP contribution is -2.38. The highest BCUT2D eigenvalue weighted by atomic mass is 19.1. The number of hydrogen-bond acceptors (Lipinski definition) is 12. The van der Waals surface area contributed by atoms with Gasteiger partial charge in [-0.25, -0.2) is 4.39 Å². The second-order valence-corrected chi connectivity index (χ2v) is 10.9. The van der Waals surface area contributed by atoms with E-state index in [-0.39, 0.29) is 12.4 Å². The van der Waals surface area contributed by atoms with E-state index in [1.54, 1.807) is 12.1 Å². The van der Waals surface area contributed by atoms with E-state index >= 15 is 0 Å². The maximum atomic E-state index is 14.4. The molecule has 0 spiro atoms. The highest BCUT2D eigenvalue weighted by Gasteiger charge is 2.25. The number of methoxy groups -OCH3 is 1. The summed E-state index contributed by atoms with van der Waals surface area (Å²) in [7, 11) is 3.48. The summed E-state index contributed by atoms with van der Waals surface area (Å²) in [5.74, 6) is 1.17.